The Morgan fingerprint density at radius 2 is 1.65 bits per heavy atom. The average Bonchev–Trinajstić information content (AvgIpc) is 2.58. The number of rotatable bonds is 6. The van der Waals surface area contributed by atoms with Crippen molar-refractivity contribution in [3.8, 4) is 0 Å². The lowest BCUT2D eigenvalue weighted by molar-refractivity contribution is -0.139. The Hall–Kier alpha value is -2.88. The Balaban J connectivity index is 2.10. The van der Waals surface area contributed by atoms with E-state index in [1.54, 1.807) is 18.2 Å². The van der Waals surface area contributed by atoms with E-state index in [0.29, 0.717) is 5.56 Å². The Morgan fingerprint density at radius 1 is 1.04 bits per heavy atom. The molecule has 0 spiro atoms. The van der Waals surface area contributed by atoms with Gasteiger partial charge in [0, 0.05) is 12.5 Å². The van der Waals surface area contributed by atoms with Crippen LogP contribution in [0.15, 0.2) is 72.8 Å². The van der Waals surface area contributed by atoms with E-state index in [4.69, 9.17) is 4.74 Å². The molecule has 0 fully saturated rings. The molecule has 0 aliphatic heterocycles. The predicted octanol–water partition coefficient (Wildman–Crippen LogP) is 3.28. The molecule has 1 N–H and O–H groups in total. The summed E-state index contributed by atoms with van der Waals surface area (Å²) in [5, 5.41) is 2.97. The number of carbonyl (C=O) groups excluding carboxylic acids is 2. The quantitative estimate of drug-likeness (QED) is 0.658. The molecular formula is C19H19NO3. The maximum atomic E-state index is 12.3. The van der Waals surface area contributed by atoms with Gasteiger partial charge in [-0.2, -0.15) is 0 Å². The molecular weight excluding hydrogens is 290 g/mol. The van der Waals surface area contributed by atoms with E-state index in [2.05, 4.69) is 5.32 Å². The Labute approximate surface area is 135 Å². The van der Waals surface area contributed by atoms with Gasteiger partial charge in [0.05, 0.1) is 6.04 Å². The topological polar surface area (TPSA) is 55.4 Å². The van der Waals surface area contributed by atoms with Gasteiger partial charge >= 0.3 is 5.97 Å². The first kappa shape index (κ1) is 16.5. The van der Waals surface area contributed by atoms with E-state index in [9.17, 15) is 9.59 Å². The van der Waals surface area contributed by atoms with Gasteiger partial charge in [-0.25, -0.2) is 0 Å². The molecule has 0 bridgehead atoms. The Morgan fingerprint density at radius 3 is 2.26 bits per heavy atom. The van der Waals surface area contributed by atoms with Crippen molar-refractivity contribution in [2.75, 3.05) is 6.61 Å². The third-order valence-corrected chi connectivity index (χ3v) is 3.19. The Kier molecular flexibility index (Phi) is 6.12. The first-order valence-corrected chi connectivity index (χ1v) is 7.37. The molecule has 0 aliphatic rings. The van der Waals surface area contributed by atoms with Crippen molar-refractivity contribution in [2.45, 2.75) is 13.0 Å². The molecule has 2 aromatic carbocycles. The third kappa shape index (κ3) is 5.43. The molecule has 1 amide bonds. The summed E-state index contributed by atoms with van der Waals surface area (Å²) < 4.78 is 4.88. The minimum atomic E-state index is -0.334. The van der Waals surface area contributed by atoms with Crippen molar-refractivity contribution in [2.24, 2.45) is 0 Å². The van der Waals surface area contributed by atoms with Crippen molar-refractivity contribution < 1.29 is 14.3 Å². The van der Waals surface area contributed by atoms with Crippen LogP contribution >= 0.6 is 0 Å². The van der Waals surface area contributed by atoms with Gasteiger partial charge in [0.15, 0.2) is 0 Å². The maximum absolute atomic E-state index is 12.3. The summed E-state index contributed by atoms with van der Waals surface area (Å²) in [4.78, 5) is 23.1. The first-order valence-electron chi connectivity index (χ1n) is 7.37. The number of ether oxygens (including phenoxy) is 1. The fourth-order valence-electron chi connectivity index (χ4n) is 2.07. The van der Waals surface area contributed by atoms with E-state index >= 15 is 0 Å². The largest absolute Gasteiger partial charge is 0.462 e. The molecule has 0 heterocycles. The second-order valence-corrected chi connectivity index (χ2v) is 4.96. The second kappa shape index (κ2) is 8.54. The number of hydrogen-bond donors (Lipinski definition) is 1. The highest BCUT2D eigenvalue weighted by Gasteiger charge is 2.12. The molecule has 1 unspecified atom stereocenters. The van der Waals surface area contributed by atoms with Gasteiger partial charge in [-0.15, -0.1) is 0 Å². The van der Waals surface area contributed by atoms with Gasteiger partial charge in [0.1, 0.15) is 6.61 Å². The van der Waals surface area contributed by atoms with E-state index in [0.717, 1.165) is 5.56 Å². The number of carbonyl (C=O) groups is 2. The molecule has 0 saturated carbocycles. The highest BCUT2D eigenvalue weighted by atomic mass is 16.5. The fourth-order valence-corrected chi connectivity index (χ4v) is 2.07. The number of benzene rings is 2. The van der Waals surface area contributed by atoms with Crippen molar-refractivity contribution in [3.05, 3.63) is 83.9 Å². The summed E-state index contributed by atoms with van der Waals surface area (Å²) in [6, 6.07) is 18.4. The summed E-state index contributed by atoms with van der Waals surface area (Å²) in [5.74, 6) is -0.490. The summed E-state index contributed by atoms with van der Waals surface area (Å²) in [7, 11) is 0. The average molecular weight is 309 g/mol. The standard InChI is InChI=1S/C19H19NO3/c1-15(21)23-14-8-13-18(16-9-4-2-5-10-16)20-19(22)17-11-6-3-7-12-17/h2-13,18H,14H2,1H3,(H,20,22). The van der Waals surface area contributed by atoms with Crippen LogP contribution in [-0.2, 0) is 9.53 Å². The van der Waals surface area contributed by atoms with Gasteiger partial charge in [-0.05, 0) is 23.8 Å². The van der Waals surface area contributed by atoms with Crippen molar-refractivity contribution in [1.29, 1.82) is 0 Å². The van der Waals surface area contributed by atoms with Gasteiger partial charge in [0.2, 0.25) is 0 Å². The smallest absolute Gasteiger partial charge is 0.302 e. The second-order valence-electron chi connectivity index (χ2n) is 4.96. The van der Waals surface area contributed by atoms with Gasteiger partial charge < -0.3 is 10.1 Å². The van der Waals surface area contributed by atoms with Crippen LogP contribution in [0, 0.1) is 0 Å². The van der Waals surface area contributed by atoms with Crippen LogP contribution in [0.3, 0.4) is 0 Å². The molecule has 0 saturated heterocycles. The molecule has 2 aromatic rings. The zero-order valence-electron chi connectivity index (χ0n) is 12.9. The van der Waals surface area contributed by atoms with Crippen LogP contribution in [0.5, 0.6) is 0 Å². The maximum Gasteiger partial charge on any atom is 0.302 e. The molecule has 118 valence electrons. The van der Waals surface area contributed by atoms with E-state index in [-0.39, 0.29) is 24.5 Å². The van der Waals surface area contributed by atoms with Gasteiger partial charge in [-0.1, -0.05) is 54.6 Å². The summed E-state index contributed by atoms with van der Waals surface area (Å²) >= 11 is 0. The van der Waals surface area contributed by atoms with Gasteiger partial charge in [0.25, 0.3) is 5.91 Å². The predicted molar refractivity (Wildman–Crippen MR) is 88.9 cm³/mol. The lowest BCUT2D eigenvalue weighted by atomic mass is 10.1. The minimum absolute atomic E-state index is 0.156. The molecule has 0 radical (unpaired) electrons. The molecule has 0 aromatic heterocycles. The molecule has 4 nitrogen and oxygen atoms in total. The van der Waals surface area contributed by atoms with E-state index < -0.39 is 0 Å². The highest BCUT2D eigenvalue weighted by molar-refractivity contribution is 5.94. The fraction of sp³-hybridized carbons (Fsp3) is 0.158. The van der Waals surface area contributed by atoms with Crippen LogP contribution < -0.4 is 5.32 Å². The van der Waals surface area contributed by atoms with E-state index in [1.165, 1.54) is 6.92 Å². The number of hydrogen-bond acceptors (Lipinski definition) is 3. The normalized spacial score (nSPS) is 11.9. The summed E-state index contributed by atoms with van der Waals surface area (Å²) in [6.45, 7) is 1.54. The van der Waals surface area contributed by atoms with Crippen LogP contribution in [0.2, 0.25) is 0 Å². The van der Waals surface area contributed by atoms with Crippen molar-refractivity contribution in [3.63, 3.8) is 0 Å². The SMILES string of the molecule is CC(=O)OCC=CC(NC(=O)c1ccccc1)c1ccccc1. The number of amides is 1. The molecule has 1 atom stereocenters. The van der Waals surface area contributed by atoms with Crippen LogP contribution in [-0.4, -0.2) is 18.5 Å². The first-order chi connectivity index (χ1) is 11.2. The van der Waals surface area contributed by atoms with E-state index in [1.807, 2.05) is 54.6 Å². The molecule has 23 heavy (non-hydrogen) atoms. The summed E-state index contributed by atoms with van der Waals surface area (Å²) in [5.41, 5.74) is 1.55. The summed E-state index contributed by atoms with van der Waals surface area (Å²) in [6.07, 6.45) is 3.55. The van der Waals surface area contributed by atoms with Crippen molar-refractivity contribution >= 4 is 11.9 Å². The van der Waals surface area contributed by atoms with Gasteiger partial charge in [-0.3, -0.25) is 9.59 Å². The van der Waals surface area contributed by atoms with Crippen LogP contribution in [0.4, 0.5) is 0 Å². The minimum Gasteiger partial charge on any atom is -0.462 e. The zero-order valence-corrected chi connectivity index (χ0v) is 12.9. The molecule has 2 rings (SSSR count). The van der Waals surface area contributed by atoms with Crippen LogP contribution in [0.25, 0.3) is 0 Å². The van der Waals surface area contributed by atoms with Crippen molar-refractivity contribution in [1.82, 2.24) is 5.32 Å². The highest BCUT2D eigenvalue weighted by Crippen LogP contribution is 2.15. The monoisotopic (exact) mass is 309 g/mol. The number of nitrogens with one attached hydrogen (secondary N) is 1. The lowest BCUT2D eigenvalue weighted by Crippen LogP contribution is -2.27. The molecule has 4 heteroatoms. The third-order valence-electron chi connectivity index (χ3n) is 3.19. The lowest BCUT2D eigenvalue weighted by Gasteiger charge is -2.16. The number of esters is 1. The molecule has 0 aliphatic carbocycles. The zero-order chi connectivity index (χ0) is 16.5. The van der Waals surface area contributed by atoms with Crippen LogP contribution in [0.1, 0.15) is 28.9 Å². The Bertz CT molecular complexity index is 666.